The predicted octanol–water partition coefficient (Wildman–Crippen LogP) is 2.61. The fourth-order valence-corrected chi connectivity index (χ4v) is 2.17. The van der Waals surface area contributed by atoms with Gasteiger partial charge in [0.05, 0.1) is 11.8 Å². The fraction of sp³-hybridized carbons (Fsp3) is 0.333. The van der Waals surface area contributed by atoms with E-state index < -0.39 is 0 Å². The minimum Gasteiger partial charge on any atom is -0.491 e. The molecular weight excluding hydrogens is 252 g/mol. The zero-order valence-electron chi connectivity index (χ0n) is 11.7. The number of rotatable bonds is 4. The molecular formula is C15H18N4O. The molecule has 1 aliphatic heterocycles. The zero-order valence-corrected chi connectivity index (χ0v) is 11.7. The lowest BCUT2D eigenvalue weighted by Gasteiger charge is -2.11. The van der Waals surface area contributed by atoms with E-state index in [0.717, 1.165) is 30.2 Å². The Balaban J connectivity index is 1.77. The smallest absolute Gasteiger partial charge is 0.227 e. The first kappa shape index (κ1) is 12.9. The molecule has 1 aliphatic rings. The van der Waals surface area contributed by atoms with E-state index in [2.05, 4.69) is 20.6 Å². The Bertz CT molecular complexity index is 613. The molecule has 0 amide bonds. The minimum atomic E-state index is 0.160. The van der Waals surface area contributed by atoms with Crippen LogP contribution < -0.4 is 15.4 Å². The molecule has 0 saturated carbocycles. The van der Waals surface area contributed by atoms with Gasteiger partial charge in [0.1, 0.15) is 5.75 Å². The van der Waals surface area contributed by atoms with Crippen molar-refractivity contribution in [1.29, 1.82) is 0 Å². The van der Waals surface area contributed by atoms with Crippen LogP contribution in [0.15, 0.2) is 30.5 Å². The SMILES string of the molecule is CC(C)Oc1cccc(Nc2ncc3c(n2)CNC3)c1. The van der Waals surface area contributed by atoms with Gasteiger partial charge in [0.25, 0.3) is 0 Å². The lowest BCUT2D eigenvalue weighted by Crippen LogP contribution is -2.06. The van der Waals surface area contributed by atoms with Crippen molar-refractivity contribution in [3.05, 3.63) is 41.7 Å². The first-order chi connectivity index (χ1) is 9.70. The molecule has 2 N–H and O–H groups in total. The van der Waals surface area contributed by atoms with Crippen LogP contribution in [0.5, 0.6) is 5.75 Å². The van der Waals surface area contributed by atoms with E-state index in [1.165, 1.54) is 5.56 Å². The molecule has 1 aromatic carbocycles. The second kappa shape index (κ2) is 5.46. The largest absolute Gasteiger partial charge is 0.491 e. The van der Waals surface area contributed by atoms with Gasteiger partial charge in [-0.2, -0.15) is 0 Å². The van der Waals surface area contributed by atoms with Crippen molar-refractivity contribution >= 4 is 11.6 Å². The maximum absolute atomic E-state index is 5.68. The number of hydrogen-bond donors (Lipinski definition) is 2. The maximum Gasteiger partial charge on any atom is 0.227 e. The van der Waals surface area contributed by atoms with E-state index in [0.29, 0.717) is 5.95 Å². The molecule has 0 saturated heterocycles. The average Bonchev–Trinajstić information content (AvgIpc) is 2.85. The van der Waals surface area contributed by atoms with Crippen LogP contribution in [0.2, 0.25) is 0 Å². The highest BCUT2D eigenvalue weighted by Gasteiger charge is 2.12. The van der Waals surface area contributed by atoms with Crippen LogP contribution in [0.4, 0.5) is 11.6 Å². The Hall–Kier alpha value is -2.14. The molecule has 0 radical (unpaired) electrons. The highest BCUT2D eigenvalue weighted by molar-refractivity contribution is 5.56. The highest BCUT2D eigenvalue weighted by Crippen LogP contribution is 2.21. The van der Waals surface area contributed by atoms with Crippen LogP contribution in [0, 0.1) is 0 Å². The molecule has 20 heavy (non-hydrogen) atoms. The summed E-state index contributed by atoms with van der Waals surface area (Å²) in [6.45, 7) is 5.68. The number of hydrogen-bond acceptors (Lipinski definition) is 5. The summed E-state index contributed by atoms with van der Waals surface area (Å²) < 4.78 is 5.68. The zero-order chi connectivity index (χ0) is 13.9. The van der Waals surface area contributed by atoms with Crippen LogP contribution >= 0.6 is 0 Å². The van der Waals surface area contributed by atoms with E-state index in [4.69, 9.17) is 4.74 Å². The van der Waals surface area contributed by atoms with Crippen molar-refractivity contribution in [2.24, 2.45) is 0 Å². The van der Waals surface area contributed by atoms with E-state index in [1.54, 1.807) is 0 Å². The fourth-order valence-electron chi connectivity index (χ4n) is 2.17. The van der Waals surface area contributed by atoms with Gasteiger partial charge in [-0.15, -0.1) is 0 Å². The molecule has 0 bridgehead atoms. The number of aromatic nitrogens is 2. The van der Waals surface area contributed by atoms with E-state index >= 15 is 0 Å². The maximum atomic E-state index is 5.68. The molecule has 3 rings (SSSR count). The first-order valence-corrected chi connectivity index (χ1v) is 6.80. The second-order valence-electron chi connectivity index (χ2n) is 5.09. The van der Waals surface area contributed by atoms with Crippen LogP contribution in [0.1, 0.15) is 25.1 Å². The van der Waals surface area contributed by atoms with Crippen molar-refractivity contribution < 1.29 is 4.74 Å². The van der Waals surface area contributed by atoms with Gasteiger partial charge in [-0.3, -0.25) is 0 Å². The lowest BCUT2D eigenvalue weighted by atomic mass is 10.3. The summed E-state index contributed by atoms with van der Waals surface area (Å²) in [7, 11) is 0. The third kappa shape index (κ3) is 2.88. The third-order valence-corrected chi connectivity index (χ3v) is 3.02. The van der Waals surface area contributed by atoms with Crippen LogP contribution in [0.3, 0.4) is 0 Å². The number of fused-ring (bicyclic) bond motifs is 1. The Morgan fingerprint density at radius 2 is 2.20 bits per heavy atom. The molecule has 0 spiro atoms. The van der Waals surface area contributed by atoms with Crippen molar-refractivity contribution in [3.8, 4) is 5.75 Å². The van der Waals surface area contributed by atoms with E-state index in [9.17, 15) is 0 Å². The molecule has 0 atom stereocenters. The molecule has 2 aromatic rings. The Labute approximate surface area is 118 Å². The van der Waals surface area contributed by atoms with E-state index in [1.807, 2.05) is 44.3 Å². The molecule has 0 fully saturated rings. The summed E-state index contributed by atoms with van der Waals surface area (Å²) in [5.74, 6) is 1.46. The van der Waals surface area contributed by atoms with Crippen molar-refractivity contribution in [2.75, 3.05) is 5.32 Å². The third-order valence-electron chi connectivity index (χ3n) is 3.02. The summed E-state index contributed by atoms with van der Waals surface area (Å²) in [6, 6.07) is 7.82. The van der Waals surface area contributed by atoms with Gasteiger partial charge in [0, 0.05) is 36.6 Å². The van der Waals surface area contributed by atoms with Gasteiger partial charge < -0.3 is 15.4 Å². The molecule has 5 nitrogen and oxygen atoms in total. The Kier molecular flexibility index (Phi) is 3.52. The lowest BCUT2D eigenvalue weighted by molar-refractivity contribution is 0.242. The van der Waals surface area contributed by atoms with Gasteiger partial charge in [0.15, 0.2) is 0 Å². The molecule has 1 aromatic heterocycles. The minimum absolute atomic E-state index is 0.160. The number of anilines is 2. The number of nitrogens with one attached hydrogen (secondary N) is 2. The number of nitrogens with zero attached hydrogens (tertiary/aromatic N) is 2. The molecule has 0 unspecified atom stereocenters. The quantitative estimate of drug-likeness (QED) is 0.894. The summed E-state index contributed by atoms with van der Waals surface area (Å²) in [5, 5.41) is 6.48. The normalized spacial score (nSPS) is 13.3. The summed E-state index contributed by atoms with van der Waals surface area (Å²) in [4.78, 5) is 8.85. The summed E-state index contributed by atoms with van der Waals surface area (Å²) in [5.41, 5.74) is 3.17. The van der Waals surface area contributed by atoms with Crippen molar-refractivity contribution in [2.45, 2.75) is 33.0 Å². The standard InChI is InChI=1S/C15H18N4O/c1-10(2)20-13-5-3-4-12(6-13)18-15-17-8-11-7-16-9-14(11)19-15/h3-6,8,10,16H,7,9H2,1-2H3,(H,17,18,19). The summed E-state index contributed by atoms with van der Waals surface area (Å²) in [6.07, 6.45) is 2.03. The number of benzene rings is 1. The van der Waals surface area contributed by atoms with Gasteiger partial charge in [-0.05, 0) is 26.0 Å². The van der Waals surface area contributed by atoms with Gasteiger partial charge in [-0.25, -0.2) is 9.97 Å². The van der Waals surface area contributed by atoms with Gasteiger partial charge in [-0.1, -0.05) is 6.07 Å². The van der Waals surface area contributed by atoms with Crippen LogP contribution in [-0.4, -0.2) is 16.1 Å². The van der Waals surface area contributed by atoms with E-state index in [-0.39, 0.29) is 6.10 Å². The molecule has 104 valence electrons. The van der Waals surface area contributed by atoms with Gasteiger partial charge in [0.2, 0.25) is 5.95 Å². The second-order valence-corrected chi connectivity index (χ2v) is 5.09. The van der Waals surface area contributed by atoms with Crippen molar-refractivity contribution in [3.63, 3.8) is 0 Å². The Morgan fingerprint density at radius 1 is 1.30 bits per heavy atom. The topological polar surface area (TPSA) is 59.1 Å². The first-order valence-electron chi connectivity index (χ1n) is 6.80. The highest BCUT2D eigenvalue weighted by atomic mass is 16.5. The average molecular weight is 270 g/mol. The monoisotopic (exact) mass is 270 g/mol. The predicted molar refractivity (Wildman–Crippen MR) is 78.1 cm³/mol. The van der Waals surface area contributed by atoms with Crippen LogP contribution in [0.25, 0.3) is 0 Å². The van der Waals surface area contributed by atoms with Crippen LogP contribution in [-0.2, 0) is 13.1 Å². The van der Waals surface area contributed by atoms with Crippen molar-refractivity contribution in [1.82, 2.24) is 15.3 Å². The van der Waals surface area contributed by atoms with Gasteiger partial charge >= 0.3 is 0 Å². The Morgan fingerprint density at radius 3 is 3.05 bits per heavy atom. The molecule has 5 heteroatoms. The number of ether oxygens (including phenoxy) is 1. The summed E-state index contributed by atoms with van der Waals surface area (Å²) >= 11 is 0. The molecule has 2 heterocycles. The molecule has 0 aliphatic carbocycles.